The van der Waals surface area contributed by atoms with E-state index < -0.39 is 15.9 Å². The highest BCUT2D eigenvalue weighted by Gasteiger charge is 2.31. The Balaban J connectivity index is 1.46. The molecular formula is C20H23N5O3S2. The fourth-order valence-electron chi connectivity index (χ4n) is 3.74. The van der Waals surface area contributed by atoms with Crippen LogP contribution in [0.1, 0.15) is 30.6 Å². The Morgan fingerprint density at radius 3 is 2.50 bits per heavy atom. The van der Waals surface area contributed by atoms with E-state index in [9.17, 15) is 13.2 Å². The predicted molar refractivity (Wildman–Crippen MR) is 116 cm³/mol. The zero-order chi connectivity index (χ0) is 21.3. The molecular weight excluding hydrogens is 422 g/mol. The van der Waals surface area contributed by atoms with Crippen molar-refractivity contribution < 1.29 is 13.2 Å². The van der Waals surface area contributed by atoms with Crippen molar-refractivity contribution in [3.8, 4) is 10.7 Å². The summed E-state index contributed by atoms with van der Waals surface area (Å²) in [4.78, 5) is 17.9. The molecule has 0 saturated carbocycles. The van der Waals surface area contributed by atoms with E-state index in [1.54, 1.807) is 4.31 Å². The molecule has 2 aromatic heterocycles. The molecule has 1 saturated heterocycles. The van der Waals surface area contributed by atoms with Crippen LogP contribution in [-0.2, 0) is 10.0 Å². The highest BCUT2D eigenvalue weighted by Crippen LogP contribution is 2.27. The van der Waals surface area contributed by atoms with Crippen molar-refractivity contribution in [3.63, 3.8) is 0 Å². The van der Waals surface area contributed by atoms with Crippen LogP contribution in [0.5, 0.6) is 0 Å². The maximum atomic E-state index is 13.0. The average molecular weight is 446 g/mol. The molecule has 2 unspecified atom stereocenters. The Labute approximate surface area is 179 Å². The Morgan fingerprint density at radius 2 is 1.87 bits per heavy atom. The van der Waals surface area contributed by atoms with Gasteiger partial charge in [-0.05, 0) is 54.0 Å². The highest BCUT2D eigenvalue weighted by atomic mass is 32.2. The van der Waals surface area contributed by atoms with Gasteiger partial charge >= 0.3 is 0 Å². The van der Waals surface area contributed by atoms with Crippen molar-refractivity contribution in [2.75, 3.05) is 18.4 Å². The minimum Gasteiger partial charge on any atom is -0.289 e. The number of aromatic nitrogens is 3. The molecule has 1 aliphatic rings. The number of carbonyl (C=O) groups excluding carboxylic acids is 1. The lowest BCUT2D eigenvalue weighted by molar-refractivity contribution is 0.102. The Hall–Kier alpha value is -2.56. The summed E-state index contributed by atoms with van der Waals surface area (Å²) >= 11 is 1.51. The monoisotopic (exact) mass is 445 g/mol. The second kappa shape index (κ2) is 8.29. The van der Waals surface area contributed by atoms with Crippen LogP contribution >= 0.6 is 11.3 Å². The number of sulfonamides is 1. The first-order valence-electron chi connectivity index (χ1n) is 9.71. The van der Waals surface area contributed by atoms with Gasteiger partial charge in [-0.25, -0.2) is 8.42 Å². The minimum absolute atomic E-state index is 0.163. The number of amides is 1. The highest BCUT2D eigenvalue weighted by molar-refractivity contribution is 7.89. The number of H-pyrrole nitrogens is 1. The summed E-state index contributed by atoms with van der Waals surface area (Å²) in [5.74, 6) is 0.988. The van der Waals surface area contributed by atoms with E-state index in [0.717, 1.165) is 11.3 Å². The molecule has 8 nitrogen and oxygen atoms in total. The lowest BCUT2D eigenvalue weighted by Crippen LogP contribution is -2.42. The standard InChI is InChI=1S/C20H23N5O3S2/c1-13-10-14(2)12-25(11-13)30(27,28)16-7-5-15(6-8-16)19(26)22-20-21-18(23-24-20)17-4-3-9-29-17/h3-9,13-14H,10-12H2,1-2H3,(H2,21,22,23,24,26). The van der Waals surface area contributed by atoms with Crippen molar-refractivity contribution in [3.05, 3.63) is 47.3 Å². The van der Waals surface area contributed by atoms with Crippen molar-refractivity contribution >= 4 is 33.2 Å². The van der Waals surface area contributed by atoms with Crippen LogP contribution in [0, 0.1) is 11.8 Å². The summed E-state index contributed by atoms with van der Waals surface area (Å²) in [5.41, 5.74) is 0.330. The number of piperidine rings is 1. The van der Waals surface area contributed by atoms with Gasteiger partial charge in [0.15, 0.2) is 5.82 Å². The number of nitrogens with one attached hydrogen (secondary N) is 2. The number of thiophene rings is 1. The second-order valence-electron chi connectivity index (χ2n) is 7.73. The van der Waals surface area contributed by atoms with E-state index in [0.29, 0.717) is 36.3 Å². The number of aromatic amines is 1. The third-order valence-corrected chi connectivity index (χ3v) is 7.78. The van der Waals surface area contributed by atoms with E-state index in [2.05, 4.69) is 34.3 Å². The zero-order valence-corrected chi connectivity index (χ0v) is 18.3. The predicted octanol–water partition coefficient (Wildman–Crippen LogP) is 3.45. The van der Waals surface area contributed by atoms with E-state index >= 15 is 0 Å². The molecule has 30 heavy (non-hydrogen) atoms. The first kappa shape index (κ1) is 20.7. The molecule has 1 amide bonds. The molecule has 0 bridgehead atoms. The summed E-state index contributed by atoms with van der Waals surface area (Å²) in [5, 5.41) is 11.3. The fourth-order valence-corrected chi connectivity index (χ4v) is 6.09. The zero-order valence-electron chi connectivity index (χ0n) is 16.7. The minimum atomic E-state index is -3.58. The number of carbonyl (C=O) groups is 1. The first-order valence-corrected chi connectivity index (χ1v) is 12.0. The largest absolute Gasteiger partial charge is 0.289 e. The molecule has 1 aliphatic heterocycles. The van der Waals surface area contributed by atoms with Gasteiger partial charge in [-0.3, -0.25) is 15.2 Å². The Kier molecular flexibility index (Phi) is 5.72. The molecule has 0 radical (unpaired) electrons. The molecule has 10 heteroatoms. The van der Waals surface area contributed by atoms with Gasteiger partial charge in [0.05, 0.1) is 9.77 Å². The van der Waals surface area contributed by atoms with Crippen LogP contribution in [0.15, 0.2) is 46.7 Å². The van der Waals surface area contributed by atoms with Gasteiger partial charge in [0.25, 0.3) is 5.91 Å². The molecule has 1 fully saturated rings. The maximum Gasteiger partial charge on any atom is 0.258 e. The number of nitrogens with zero attached hydrogens (tertiary/aromatic N) is 3. The molecule has 0 aliphatic carbocycles. The fraction of sp³-hybridized carbons (Fsp3) is 0.350. The third-order valence-electron chi connectivity index (χ3n) is 5.05. The first-order chi connectivity index (χ1) is 14.3. The number of rotatable bonds is 5. The molecule has 3 aromatic rings. The quantitative estimate of drug-likeness (QED) is 0.625. The number of hydrogen-bond acceptors (Lipinski definition) is 6. The van der Waals surface area contributed by atoms with E-state index in [1.807, 2.05) is 17.5 Å². The van der Waals surface area contributed by atoms with Crippen LogP contribution in [0.25, 0.3) is 10.7 Å². The van der Waals surface area contributed by atoms with E-state index in [-0.39, 0.29) is 10.8 Å². The molecule has 1 aromatic carbocycles. The van der Waals surface area contributed by atoms with Crippen LogP contribution in [0.4, 0.5) is 5.95 Å². The average Bonchev–Trinajstić information content (AvgIpc) is 3.39. The third kappa shape index (κ3) is 4.30. The Morgan fingerprint density at radius 1 is 1.17 bits per heavy atom. The van der Waals surface area contributed by atoms with Crippen LogP contribution in [-0.4, -0.2) is 46.9 Å². The van der Waals surface area contributed by atoms with Crippen molar-refractivity contribution in [2.24, 2.45) is 11.8 Å². The van der Waals surface area contributed by atoms with Gasteiger partial charge < -0.3 is 0 Å². The smallest absolute Gasteiger partial charge is 0.258 e. The summed E-state index contributed by atoms with van der Waals surface area (Å²) in [6.45, 7) is 5.18. The molecule has 2 atom stereocenters. The van der Waals surface area contributed by atoms with E-state index in [1.165, 1.54) is 35.6 Å². The van der Waals surface area contributed by atoms with Gasteiger partial charge in [0.1, 0.15) is 0 Å². The summed E-state index contributed by atoms with van der Waals surface area (Å²) in [6, 6.07) is 9.77. The van der Waals surface area contributed by atoms with Crippen LogP contribution in [0.2, 0.25) is 0 Å². The van der Waals surface area contributed by atoms with Gasteiger partial charge in [0.2, 0.25) is 16.0 Å². The number of benzene rings is 1. The lowest BCUT2D eigenvalue weighted by Gasteiger charge is -2.34. The van der Waals surface area contributed by atoms with Gasteiger partial charge in [-0.15, -0.1) is 16.4 Å². The SMILES string of the molecule is CC1CC(C)CN(S(=O)(=O)c2ccc(C(=O)Nc3n[nH]c(-c4cccs4)n3)cc2)C1. The number of hydrogen-bond donors (Lipinski definition) is 2. The normalized spacial score (nSPS) is 20.2. The van der Waals surface area contributed by atoms with E-state index in [4.69, 9.17) is 0 Å². The maximum absolute atomic E-state index is 13.0. The van der Waals surface area contributed by atoms with Gasteiger partial charge in [-0.1, -0.05) is 19.9 Å². The molecule has 4 rings (SSSR count). The summed E-state index contributed by atoms with van der Waals surface area (Å²) < 4.78 is 27.5. The molecule has 2 N–H and O–H groups in total. The van der Waals surface area contributed by atoms with Gasteiger partial charge in [-0.2, -0.15) is 9.29 Å². The number of anilines is 1. The van der Waals surface area contributed by atoms with Crippen molar-refractivity contribution in [1.82, 2.24) is 19.5 Å². The Bertz CT molecular complexity index is 1110. The second-order valence-corrected chi connectivity index (χ2v) is 10.6. The topological polar surface area (TPSA) is 108 Å². The van der Waals surface area contributed by atoms with Gasteiger partial charge in [0, 0.05) is 18.7 Å². The summed E-state index contributed by atoms with van der Waals surface area (Å²) in [7, 11) is -3.58. The lowest BCUT2D eigenvalue weighted by atomic mass is 9.94. The molecule has 0 spiro atoms. The molecule has 3 heterocycles. The summed E-state index contributed by atoms with van der Waals surface area (Å²) in [6.07, 6.45) is 1.03. The van der Waals surface area contributed by atoms with Crippen molar-refractivity contribution in [2.45, 2.75) is 25.2 Å². The van der Waals surface area contributed by atoms with Crippen LogP contribution in [0.3, 0.4) is 0 Å². The van der Waals surface area contributed by atoms with Crippen molar-refractivity contribution in [1.29, 1.82) is 0 Å². The molecule has 158 valence electrons. The van der Waals surface area contributed by atoms with Crippen LogP contribution < -0.4 is 5.32 Å².